The lowest BCUT2D eigenvalue weighted by atomic mass is 10.2. The predicted molar refractivity (Wildman–Crippen MR) is 87.2 cm³/mol. The van der Waals surface area contributed by atoms with Gasteiger partial charge in [-0.2, -0.15) is 0 Å². The van der Waals surface area contributed by atoms with Crippen molar-refractivity contribution in [3.8, 4) is 0 Å². The van der Waals surface area contributed by atoms with Crippen LogP contribution in [0.25, 0.3) is 0 Å². The molecule has 2 heteroatoms. The van der Waals surface area contributed by atoms with Crippen LogP contribution in [0, 0.1) is 0 Å². The molecule has 0 amide bonds. The molecular weight excluding hydrogens is 256 g/mol. The molecule has 0 saturated carbocycles. The Morgan fingerprint density at radius 2 is 1.33 bits per heavy atom. The summed E-state index contributed by atoms with van der Waals surface area (Å²) in [6.45, 7) is 6.34. The number of hydrogen-bond acceptors (Lipinski definition) is 2. The standard InChI is InChI=1S/C19H22N2/c1-16-13-17(2)21(15-19-11-7-4-8-12-19)20(16)14-18-9-5-3-6-10-18/h3-13,16H,14-15H2,1-2H3. The van der Waals surface area contributed by atoms with Crippen LogP contribution in [0.15, 0.2) is 72.4 Å². The lowest BCUT2D eigenvalue weighted by Gasteiger charge is -2.34. The van der Waals surface area contributed by atoms with Gasteiger partial charge in [0, 0.05) is 18.3 Å². The van der Waals surface area contributed by atoms with E-state index in [1.807, 2.05) is 0 Å². The van der Waals surface area contributed by atoms with Crippen molar-refractivity contribution in [3.63, 3.8) is 0 Å². The van der Waals surface area contributed by atoms with Gasteiger partial charge in [0.1, 0.15) is 0 Å². The third-order valence-corrected chi connectivity index (χ3v) is 4.03. The molecule has 0 aromatic heterocycles. The molecule has 2 nitrogen and oxygen atoms in total. The summed E-state index contributed by atoms with van der Waals surface area (Å²) in [5, 5.41) is 4.84. The molecule has 21 heavy (non-hydrogen) atoms. The minimum atomic E-state index is 0.439. The van der Waals surface area contributed by atoms with Gasteiger partial charge in [-0.1, -0.05) is 60.7 Å². The second kappa shape index (κ2) is 6.15. The zero-order valence-electron chi connectivity index (χ0n) is 12.7. The maximum absolute atomic E-state index is 2.44. The summed E-state index contributed by atoms with van der Waals surface area (Å²) in [4.78, 5) is 0. The number of hydrazine groups is 1. The Morgan fingerprint density at radius 1 is 0.810 bits per heavy atom. The Morgan fingerprint density at radius 3 is 1.90 bits per heavy atom. The van der Waals surface area contributed by atoms with Gasteiger partial charge in [0.2, 0.25) is 0 Å². The highest BCUT2D eigenvalue weighted by Gasteiger charge is 2.27. The molecular formula is C19H22N2. The first-order valence-corrected chi connectivity index (χ1v) is 7.54. The van der Waals surface area contributed by atoms with E-state index in [4.69, 9.17) is 0 Å². The molecule has 2 aromatic carbocycles. The first-order chi connectivity index (χ1) is 10.2. The topological polar surface area (TPSA) is 6.48 Å². The molecule has 0 saturated heterocycles. The lowest BCUT2D eigenvalue weighted by Crippen LogP contribution is -2.40. The fraction of sp³-hybridized carbons (Fsp3) is 0.263. The van der Waals surface area contributed by atoms with Crippen molar-refractivity contribution in [1.82, 2.24) is 10.0 Å². The quantitative estimate of drug-likeness (QED) is 0.826. The maximum Gasteiger partial charge on any atom is 0.0593 e. The van der Waals surface area contributed by atoms with Crippen LogP contribution in [0.5, 0.6) is 0 Å². The largest absolute Gasteiger partial charge is 0.305 e. The van der Waals surface area contributed by atoms with E-state index in [2.05, 4.69) is 90.6 Å². The SMILES string of the molecule is CC1=CC(C)N(Cc2ccccc2)N1Cc1ccccc1. The highest BCUT2D eigenvalue weighted by molar-refractivity contribution is 5.19. The van der Waals surface area contributed by atoms with Crippen molar-refractivity contribution in [2.45, 2.75) is 33.0 Å². The summed E-state index contributed by atoms with van der Waals surface area (Å²) in [5.41, 5.74) is 4.03. The van der Waals surface area contributed by atoms with E-state index in [-0.39, 0.29) is 0 Å². The van der Waals surface area contributed by atoms with Crippen molar-refractivity contribution < 1.29 is 0 Å². The molecule has 108 valence electrons. The summed E-state index contributed by atoms with van der Waals surface area (Å²) < 4.78 is 0. The smallest absolute Gasteiger partial charge is 0.0593 e. The van der Waals surface area contributed by atoms with Crippen molar-refractivity contribution in [3.05, 3.63) is 83.6 Å². The first kappa shape index (κ1) is 13.9. The molecule has 1 aliphatic heterocycles. The molecule has 0 N–H and O–H groups in total. The molecule has 0 fully saturated rings. The van der Waals surface area contributed by atoms with E-state index in [0.717, 1.165) is 13.1 Å². The van der Waals surface area contributed by atoms with Crippen molar-refractivity contribution in [2.24, 2.45) is 0 Å². The summed E-state index contributed by atoms with van der Waals surface area (Å²) >= 11 is 0. The zero-order chi connectivity index (χ0) is 14.7. The van der Waals surface area contributed by atoms with Gasteiger partial charge in [0.05, 0.1) is 6.54 Å². The molecule has 1 atom stereocenters. The lowest BCUT2D eigenvalue weighted by molar-refractivity contribution is -0.00468. The Bertz CT molecular complexity index is 604. The molecule has 1 unspecified atom stereocenters. The first-order valence-electron chi connectivity index (χ1n) is 7.54. The molecule has 1 aliphatic rings. The zero-order valence-corrected chi connectivity index (χ0v) is 12.7. The van der Waals surface area contributed by atoms with Crippen LogP contribution in [0.2, 0.25) is 0 Å². The van der Waals surface area contributed by atoms with E-state index in [1.54, 1.807) is 0 Å². The third-order valence-electron chi connectivity index (χ3n) is 4.03. The Kier molecular flexibility index (Phi) is 4.07. The second-order valence-corrected chi connectivity index (χ2v) is 5.68. The summed E-state index contributed by atoms with van der Waals surface area (Å²) in [7, 11) is 0. The molecule has 3 rings (SSSR count). The maximum atomic E-state index is 2.44. The second-order valence-electron chi connectivity index (χ2n) is 5.68. The Hall–Kier alpha value is -2.06. The van der Waals surface area contributed by atoms with Crippen LogP contribution in [0.4, 0.5) is 0 Å². The number of allylic oxidation sites excluding steroid dienone is 1. The van der Waals surface area contributed by atoms with Gasteiger partial charge in [-0.05, 0) is 31.1 Å². The van der Waals surface area contributed by atoms with Gasteiger partial charge >= 0.3 is 0 Å². The minimum absolute atomic E-state index is 0.439. The van der Waals surface area contributed by atoms with Gasteiger partial charge in [-0.25, -0.2) is 5.01 Å². The van der Waals surface area contributed by atoms with Crippen LogP contribution >= 0.6 is 0 Å². The minimum Gasteiger partial charge on any atom is -0.305 e. The number of rotatable bonds is 4. The van der Waals surface area contributed by atoms with E-state index in [9.17, 15) is 0 Å². The fourth-order valence-electron chi connectivity index (χ4n) is 2.92. The molecule has 1 heterocycles. The van der Waals surface area contributed by atoms with Gasteiger partial charge in [-0.15, -0.1) is 0 Å². The van der Waals surface area contributed by atoms with Gasteiger partial charge in [-0.3, -0.25) is 0 Å². The van der Waals surface area contributed by atoms with Gasteiger partial charge in [0.25, 0.3) is 0 Å². The summed E-state index contributed by atoms with van der Waals surface area (Å²) in [5.74, 6) is 0. The molecule has 0 spiro atoms. The fourth-order valence-corrected chi connectivity index (χ4v) is 2.92. The van der Waals surface area contributed by atoms with E-state index < -0.39 is 0 Å². The van der Waals surface area contributed by atoms with Crippen molar-refractivity contribution >= 4 is 0 Å². The monoisotopic (exact) mass is 278 g/mol. The number of hydrogen-bond donors (Lipinski definition) is 0. The van der Waals surface area contributed by atoms with Gasteiger partial charge in [0.15, 0.2) is 0 Å². The number of benzene rings is 2. The number of nitrogens with zero attached hydrogens (tertiary/aromatic N) is 2. The van der Waals surface area contributed by atoms with Gasteiger partial charge < -0.3 is 5.01 Å². The van der Waals surface area contributed by atoms with Crippen LogP contribution in [0.1, 0.15) is 25.0 Å². The molecule has 0 radical (unpaired) electrons. The predicted octanol–water partition coefficient (Wildman–Crippen LogP) is 4.21. The highest BCUT2D eigenvalue weighted by Crippen LogP contribution is 2.26. The average Bonchev–Trinajstić information content (AvgIpc) is 2.76. The van der Waals surface area contributed by atoms with Crippen LogP contribution in [-0.4, -0.2) is 16.1 Å². The molecule has 0 bridgehead atoms. The normalized spacial score (nSPS) is 18.9. The van der Waals surface area contributed by atoms with E-state index in [0.29, 0.717) is 6.04 Å². The van der Waals surface area contributed by atoms with Crippen LogP contribution < -0.4 is 0 Å². The van der Waals surface area contributed by atoms with Crippen molar-refractivity contribution in [1.29, 1.82) is 0 Å². The van der Waals surface area contributed by atoms with Crippen LogP contribution in [-0.2, 0) is 13.1 Å². The van der Waals surface area contributed by atoms with Crippen molar-refractivity contribution in [2.75, 3.05) is 0 Å². The Balaban J connectivity index is 1.78. The third kappa shape index (κ3) is 3.17. The average molecular weight is 278 g/mol. The summed E-state index contributed by atoms with van der Waals surface area (Å²) in [6, 6.07) is 21.8. The highest BCUT2D eigenvalue weighted by atomic mass is 15.6. The Labute approximate surface area is 127 Å². The van der Waals surface area contributed by atoms with E-state index >= 15 is 0 Å². The van der Waals surface area contributed by atoms with E-state index in [1.165, 1.54) is 16.8 Å². The van der Waals surface area contributed by atoms with Crippen LogP contribution in [0.3, 0.4) is 0 Å². The molecule has 0 aliphatic carbocycles. The summed E-state index contributed by atoms with van der Waals surface area (Å²) in [6.07, 6.45) is 2.34. The molecule has 2 aromatic rings.